The van der Waals surface area contributed by atoms with Gasteiger partial charge < -0.3 is 10.6 Å². The molecule has 0 radical (unpaired) electrons. The fourth-order valence-electron chi connectivity index (χ4n) is 3.49. The third kappa shape index (κ3) is 4.02. The zero-order valence-corrected chi connectivity index (χ0v) is 13.5. The SMILES string of the molecule is CN(C)CC1CCCN1C(C)(CN)Cc1ccc(F)cc1. The summed E-state index contributed by atoms with van der Waals surface area (Å²) in [5, 5.41) is 0. The Bertz CT molecular complexity index is 446. The van der Waals surface area contributed by atoms with E-state index < -0.39 is 0 Å². The third-order valence-electron chi connectivity index (χ3n) is 4.58. The fraction of sp³-hybridized carbons (Fsp3) is 0.647. The van der Waals surface area contributed by atoms with Crippen LogP contribution in [0.25, 0.3) is 0 Å². The zero-order chi connectivity index (χ0) is 15.5. The number of nitrogens with two attached hydrogens (primary N) is 1. The van der Waals surface area contributed by atoms with Crippen LogP contribution in [0.4, 0.5) is 4.39 Å². The van der Waals surface area contributed by atoms with Crippen molar-refractivity contribution in [2.45, 2.75) is 37.8 Å². The predicted octanol–water partition coefficient (Wildman–Crippen LogP) is 2.11. The monoisotopic (exact) mass is 293 g/mol. The molecular formula is C17H28FN3. The highest BCUT2D eigenvalue weighted by atomic mass is 19.1. The number of benzene rings is 1. The number of hydrogen-bond acceptors (Lipinski definition) is 3. The molecule has 0 amide bonds. The van der Waals surface area contributed by atoms with Crippen LogP contribution in [-0.4, -0.2) is 55.1 Å². The van der Waals surface area contributed by atoms with E-state index in [9.17, 15) is 4.39 Å². The molecule has 3 nitrogen and oxygen atoms in total. The first kappa shape index (κ1) is 16.4. The summed E-state index contributed by atoms with van der Waals surface area (Å²) in [5.41, 5.74) is 7.22. The van der Waals surface area contributed by atoms with Crippen molar-refractivity contribution in [1.82, 2.24) is 9.80 Å². The molecule has 2 rings (SSSR count). The topological polar surface area (TPSA) is 32.5 Å². The maximum atomic E-state index is 13.1. The molecule has 2 N–H and O–H groups in total. The van der Waals surface area contributed by atoms with Gasteiger partial charge in [-0.3, -0.25) is 4.90 Å². The molecule has 1 aliphatic rings. The molecule has 4 heteroatoms. The van der Waals surface area contributed by atoms with Crippen molar-refractivity contribution in [2.24, 2.45) is 5.73 Å². The number of rotatable bonds is 6. The van der Waals surface area contributed by atoms with Gasteiger partial charge in [-0.2, -0.15) is 0 Å². The molecule has 0 aromatic heterocycles. The summed E-state index contributed by atoms with van der Waals surface area (Å²) in [6, 6.07) is 7.38. The standard InChI is InChI=1S/C17H28FN3/c1-17(13-19,11-14-6-8-15(18)9-7-14)21-10-4-5-16(21)12-20(2)3/h6-9,16H,4-5,10-13,19H2,1-3H3. The van der Waals surface area contributed by atoms with Gasteiger partial charge in [-0.25, -0.2) is 4.39 Å². The molecule has 0 spiro atoms. The Morgan fingerprint density at radius 1 is 1.33 bits per heavy atom. The number of likely N-dealkylation sites (N-methyl/N-ethyl adjacent to an activating group) is 1. The summed E-state index contributed by atoms with van der Waals surface area (Å²) in [6.45, 7) is 5.03. The summed E-state index contributed by atoms with van der Waals surface area (Å²) in [5.74, 6) is -0.181. The molecule has 1 aliphatic heterocycles. The van der Waals surface area contributed by atoms with Gasteiger partial charge in [-0.05, 0) is 64.5 Å². The van der Waals surface area contributed by atoms with Crippen molar-refractivity contribution in [3.05, 3.63) is 35.6 Å². The van der Waals surface area contributed by atoms with Crippen molar-refractivity contribution in [1.29, 1.82) is 0 Å². The first-order valence-electron chi connectivity index (χ1n) is 7.80. The van der Waals surface area contributed by atoms with Crippen molar-refractivity contribution in [3.63, 3.8) is 0 Å². The van der Waals surface area contributed by atoms with Crippen molar-refractivity contribution < 1.29 is 4.39 Å². The maximum Gasteiger partial charge on any atom is 0.123 e. The average Bonchev–Trinajstić information content (AvgIpc) is 2.89. The Labute approximate surface area is 127 Å². The number of hydrogen-bond donors (Lipinski definition) is 1. The first-order valence-corrected chi connectivity index (χ1v) is 7.80. The maximum absolute atomic E-state index is 13.1. The van der Waals surface area contributed by atoms with Crippen LogP contribution in [0.15, 0.2) is 24.3 Å². The zero-order valence-electron chi connectivity index (χ0n) is 13.5. The van der Waals surface area contributed by atoms with Gasteiger partial charge in [-0.15, -0.1) is 0 Å². The molecule has 1 fully saturated rings. The molecule has 1 heterocycles. The van der Waals surface area contributed by atoms with E-state index in [2.05, 4.69) is 30.8 Å². The quantitative estimate of drug-likeness (QED) is 0.872. The van der Waals surface area contributed by atoms with Crippen molar-refractivity contribution >= 4 is 0 Å². The highest BCUT2D eigenvalue weighted by Gasteiger charge is 2.38. The van der Waals surface area contributed by atoms with E-state index in [4.69, 9.17) is 5.73 Å². The summed E-state index contributed by atoms with van der Waals surface area (Å²) in [7, 11) is 4.24. The minimum absolute atomic E-state index is 0.0605. The lowest BCUT2D eigenvalue weighted by Crippen LogP contribution is -2.56. The Hall–Kier alpha value is -0.970. The second kappa shape index (κ2) is 6.86. The molecule has 2 atom stereocenters. The lowest BCUT2D eigenvalue weighted by Gasteiger charge is -2.43. The van der Waals surface area contributed by atoms with E-state index in [1.165, 1.54) is 25.0 Å². The van der Waals surface area contributed by atoms with E-state index >= 15 is 0 Å². The molecule has 1 saturated heterocycles. The fourth-order valence-corrected chi connectivity index (χ4v) is 3.49. The Morgan fingerprint density at radius 2 is 2.00 bits per heavy atom. The molecule has 118 valence electrons. The second-order valence-corrected chi connectivity index (χ2v) is 6.76. The Kier molecular flexibility index (Phi) is 5.36. The van der Waals surface area contributed by atoms with Gasteiger partial charge in [0.15, 0.2) is 0 Å². The molecule has 1 aromatic rings. The lowest BCUT2D eigenvalue weighted by atomic mass is 9.90. The van der Waals surface area contributed by atoms with Crippen LogP contribution >= 0.6 is 0 Å². The van der Waals surface area contributed by atoms with Gasteiger partial charge in [0.25, 0.3) is 0 Å². The summed E-state index contributed by atoms with van der Waals surface area (Å²) >= 11 is 0. The normalized spacial score (nSPS) is 22.7. The van der Waals surface area contributed by atoms with Crippen molar-refractivity contribution in [2.75, 3.05) is 33.7 Å². The highest BCUT2D eigenvalue weighted by Crippen LogP contribution is 2.29. The lowest BCUT2D eigenvalue weighted by molar-refractivity contribution is 0.0815. The van der Waals surface area contributed by atoms with Gasteiger partial charge >= 0.3 is 0 Å². The molecule has 21 heavy (non-hydrogen) atoms. The third-order valence-corrected chi connectivity index (χ3v) is 4.58. The van der Waals surface area contributed by atoms with Gasteiger partial charge in [0, 0.05) is 24.7 Å². The number of halogens is 1. The van der Waals surface area contributed by atoms with E-state index in [-0.39, 0.29) is 11.4 Å². The van der Waals surface area contributed by atoms with E-state index in [1.54, 1.807) is 0 Å². The van der Waals surface area contributed by atoms with Crippen LogP contribution in [0.1, 0.15) is 25.3 Å². The van der Waals surface area contributed by atoms with Crippen LogP contribution in [0.5, 0.6) is 0 Å². The average molecular weight is 293 g/mol. The molecule has 1 aromatic carbocycles. The van der Waals surface area contributed by atoms with Gasteiger partial charge in [-0.1, -0.05) is 12.1 Å². The Balaban J connectivity index is 2.13. The number of likely N-dealkylation sites (tertiary alicyclic amines) is 1. The molecule has 0 aliphatic carbocycles. The molecule has 0 bridgehead atoms. The van der Waals surface area contributed by atoms with Crippen LogP contribution in [0.3, 0.4) is 0 Å². The molecule has 0 saturated carbocycles. The smallest absolute Gasteiger partial charge is 0.123 e. The van der Waals surface area contributed by atoms with Gasteiger partial charge in [0.1, 0.15) is 5.82 Å². The van der Waals surface area contributed by atoms with Crippen LogP contribution in [-0.2, 0) is 6.42 Å². The predicted molar refractivity (Wildman–Crippen MR) is 85.8 cm³/mol. The molecule has 2 unspecified atom stereocenters. The summed E-state index contributed by atoms with van der Waals surface area (Å²) < 4.78 is 13.1. The minimum Gasteiger partial charge on any atom is -0.329 e. The van der Waals surface area contributed by atoms with E-state index in [0.717, 1.165) is 25.1 Å². The summed E-state index contributed by atoms with van der Waals surface area (Å²) in [4.78, 5) is 4.81. The Morgan fingerprint density at radius 3 is 2.57 bits per heavy atom. The van der Waals surface area contributed by atoms with Crippen LogP contribution < -0.4 is 5.73 Å². The van der Waals surface area contributed by atoms with E-state index in [1.807, 2.05) is 12.1 Å². The van der Waals surface area contributed by atoms with E-state index in [0.29, 0.717) is 12.6 Å². The first-order chi connectivity index (χ1) is 9.94. The van der Waals surface area contributed by atoms with Crippen LogP contribution in [0, 0.1) is 5.82 Å². The van der Waals surface area contributed by atoms with Gasteiger partial charge in [0.2, 0.25) is 0 Å². The summed E-state index contributed by atoms with van der Waals surface area (Å²) in [6.07, 6.45) is 3.34. The second-order valence-electron chi connectivity index (χ2n) is 6.76. The number of nitrogens with zero attached hydrogens (tertiary/aromatic N) is 2. The van der Waals surface area contributed by atoms with Crippen LogP contribution in [0.2, 0.25) is 0 Å². The molecular weight excluding hydrogens is 265 g/mol. The van der Waals surface area contributed by atoms with Gasteiger partial charge in [0.05, 0.1) is 0 Å². The minimum atomic E-state index is -0.181. The highest BCUT2D eigenvalue weighted by molar-refractivity contribution is 5.19. The van der Waals surface area contributed by atoms with Crippen molar-refractivity contribution in [3.8, 4) is 0 Å². The largest absolute Gasteiger partial charge is 0.329 e.